The Balaban J connectivity index is 2.97. The number of hydrogen-bond acceptors (Lipinski definition) is 3. The molecule has 4 heteroatoms. The molecule has 0 saturated heterocycles. The highest BCUT2D eigenvalue weighted by molar-refractivity contribution is 6.13. The minimum atomic E-state index is 0.691. The predicted molar refractivity (Wildman–Crippen MR) is 49.6 cm³/mol. The molecule has 0 atom stereocenters. The molecule has 0 spiro atoms. The Hall–Kier alpha value is 0.170. The van der Waals surface area contributed by atoms with E-state index >= 15 is 0 Å². The molecule has 0 aliphatic carbocycles. The van der Waals surface area contributed by atoms with Crippen molar-refractivity contribution in [2.75, 3.05) is 32.7 Å². The van der Waals surface area contributed by atoms with Crippen LogP contribution in [-0.2, 0) is 0 Å². The van der Waals surface area contributed by atoms with E-state index in [1.807, 2.05) is 0 Å². The molecular weight excluding hydrogens is 162 g/mol. The average Bonchev–Trinajstić information content (AvgIpc) is 1.99. The standard InChI is InChI=1S/C7H18ClN3/c1-2-6-11(8)7-5-10-4-3-9/h10H,2-7,9H2,1H3. The van der Waals surface area contributed by atoms with Crippen molar-refractivity contribution in [1.82, 2.24) is 9.74 Å². The van der Waals surface area contributed by atoms with Crippen LogP contribution in [0.2, 0.25) is 0 Å². The van der Waals surface area contributed by atoms with Crippen LogP contribution in [0.1, 0.15) is 13.3 Å². The van der Waals surface area contributed by atoms with E-state index in [4.69, 9.17) is 17.5 Å². The first-order valence-corrected chi connectivity index (χ1v) is 4.46. The number of halogens is 1. The zero-order valence-corrected chi connectivity index (χ0v) is 7.90. The van der Waals surface area contributed by atoms with E-state index in [-0.39, 0.29) is 0 Å². The minimum absolute atomic E-state index is 0.691. The molecule has 0 radical (unpaired) electrons. The molecule has 0 saturated carbocycles. The van der Waals surface area contributed by atoms with Crippen molar-refractivity contribution in [3.8, 4) is 0 Å². The molecule has 0 amide bonds. The van der Waals surface area contributed by atoms with Gasteiger partial charge in [-0.25, -0.2) is 4.42 Å². The second-order valence-corrected chi connectivity index (χ2v) is 2.93. The molecule has 0 heterocycles. The van der Waals surface area contributed by atoms with E-state index < -0.39 is 0 Å². The summed E-state index contributed by atoms with van der Waals surface area (Å²) in [5.41, 5.74) is 5.29. The third-order valence-electron chi connectivity index (χ3n) is 1.32. The van der Waals surface area contributed by atoms with Crippen LogP contribution in [0.5, 0.6) is 0 Å². The lowest BCUT2D eigenvalue weighted by Gasteiger charge is -2.11. The summed E-state index contributed by atoms with van der Waals surface area (Å²) in [5, 5.41) is 3.17. The number of rotatable bonds is 7. The van der Waals surface area contributed by atoms with Crippen molar-refractivity contribution in [3.05, 3.63) is 0 Å². The summed E-state index contributed by atoms with van der Waals surface area (Å²) in [7, 11) is 0. The third-order valence-corrected chi connectivity index (χ3v) is 1.66. The van der Waals surface area contributed by atoms with Crippen LogP contribution < -0.4 is 11.1 Å². The summed E-state index contributed by atoms with van der Waals surface area (Å²) >= 11 is 5.82. The molecule has 0 unspecified atom stereocenters. The van der Waals surface area contributed by atoms with Crippen LogP contribution in [-0.4, -0.2) is 37.1 Å². The van der Waals surface area contributed by atoms with E-state index in [0.29, 0.717) is 6.54 Å². The molecule has 0 aromatic heterocycles. The van der Waals surface area contributed by atoms with Gasteiger partial charge in [-0.1, -0.05) is 6.92 Å². The fraction of sp³-hybridized carbons (Fsp3) is 1.00. The fourth-order valence-electron chi connectivity index (χ4n) is 0.782. The minimum Gasteiger partial charge on any atom is -0.329 e. The normalized spacial score (nSPS) is 10.9. The summed E-state index contributed by atoms with van der Waals surface area (Å²) in [6.45, 7) is 6.43. The first kappa shape index (κ1) is 11.2. The molecule has 0 aromatic rings. The summed E-state index contributed by atoms with van der Waals surface area (Å²) in [5.74, 6) is 0. The highest BCUT2D eigenvalue weighted by Gasteiger charge is 1.96. The Kier molecular flexibility index (Phi) is 8.40. The molecule has 0 fully saturated rings. The van der Waals surface area contributed by atoms with E-state index in [0.717, 1.165) is 32.6 Å². The van der Waals surface area contributed by atoms with Crippen molar-refractivity contribution < 1.29 is 0 Å². The predicted octanol–water partition coefficient (Wildman–Crippen LogP) is 0.400. The van der Waals surface area contributed by atoms with Crippen LogP contribution in [0.3, 0.4) is 0 Å². The zero-order valence-electron chi connectivity index (χ0n) is 7.15. The van der Waals surface area contributed by atoms with Gasteiger partial charge in [-0.2, -0.15) is 0 Å². The number of nitrogens with two attached hydrogens (primary N) is 1. The van der Waals surface area contributed by atoms with Crippen LogP contribution in [0.25, 0.3) is 0 Å². The van der Waals surface area contributed by atoms with E-state index in [2.05, 4.69) is 12.2 Å². The molecule has 0 aliphatic rings. The van der Waals surface area contributed by atoms with Gasteiger partial charge in [0.2, 0.25) is 0 Å². The SMILES string of the molecule is CCCN(Cl)CCNCCN. The molecule has 0 rings (SSSR count). The number of hydrogen-bond donors (Lipinski definition) is 2. The molecule has 0 aromatic carbocycles. The van der Waals surface area contributed by atoms with Gasteiger partial charge < -0.3 is 11.1 Å². The largest absolute Gasteiger partial charge is 0.329 e. The first-order chi connectivity index (χ1) is 5.31. The maximum Gasteiger partial charge on any atom is 0.0264 e. The maximum absolute atomic E-state index is 5.82. The van der Waals surface area contributed by atoms with Gasteiger partial charge in [-0.3, -0.25) is 0 Å². The van der Waals surface area contributed by atoms with Crippen molar-refractivity contribution in [2.24, 2.45) is 5.73 Å². The second kappa shape index (κ2) is 8.27. The Morgan fingerprint density at radius 1 is 1.36 bits per heavy atom. The Labute approximate surface area is 74.0 Å². The summed E-state index contributed by atoms with van der Waals surface area (Å²) in [6.07, 6.45) is 1.10. The Bertz CT molecular complexity index is 80.1. The van der Waals surface area contributed by atoms with Gasteiger partial charge in [-0.05, 0) is 18.2 Å². The zero-order chi connectivity index (χ0) is 8.53. The fourth-order valence-corrected chi connectivity index (χ4v) is 1.04. The van der Waals surface area contributed by atoms with Crippen molar-refractivity contribution in [2.45, 2.75) is 13.3 Å². The average molecular weight is 180 g/mol. The highest BCUT2D eigenvalue weighted by Crippen LogP contribution is 1.93. The van der Waals surface area contributed by atoms with Gasteiger partial charge in [0.05, 0.1) is 0 Å². The molecule has 11 heavy (non-hydrogen) atoms. The summed E-state index contributed by atoms with van der Waals surface area (Å²) in [6, 6.07) is 0. The second-order valence-electron chi connectivity index (χ2n) is 2.45. The van der Waals surface area contributed by atoms with Crippen LogP contribution in [0.4, 0.5) is 0 Å². The molecule has 0 bridgehead atoms. The smallest absolute Gasteiger partial charge is 0.0264 e. The first-order valence-electron chi connectivity index (χ1n) is 4.12. The van der Waals surface area contributed by atoms with Gasteiger partial charge in [0.15, 0.2) is 0 Å². The Morgan fingerprint density at radius 3 is 2.64 bits per heavy atom. The van der Waals surface area contributed by atoms with Gasteiger partial charge in [0.1, 0.15) is 0 Å². The van der Waals surface area contributed by atoms with Crippen LogP contribution in [0.15, 0.2) is 0 Å². The van der Waals surface area contributed by atoms with Crippen molar-refractivity contribution in [3.63, 3.8) is 0 Å². The van der Waals surface area contributed by atoms with E-state index in [1.165, 1.54) is 0 Å². The van der Waals surface area contributed by atoms with Gasteiger partial charge in [0, 0.05) is 32.7 Å². The van der Waals surface area contributed by atoms with Gasteiger partial charge in [0.25, 0.3) is 0 Å². The number of nitrogens with one attached hydrogen (secondary N) is 1. The summed E-state index contributed by atoms with van der Waals surface area (Å²) in [4.78, 5) is 0. The lowest BCUT2D eigenvalue weighted by molar-refractivity contribution is 0.442. The quantitative estimate of drug-likeness (QED) is 0.439. The van der Waals surface area contributed by atoms with Gasteiger partial charge >= 0.3 is 0 Å². The number of nitrogens with zero attached hydrogens (tertiary/aromatic N) is 1. The Morgan fingerprint density at radius 2 is 2.09 bits per heavy atom. The lowest BCUT2D eigenvalue weighted by atomic mass is 10.4. The molecular formula is C7H18ClN3. The van der Waals surface area contributed by atoms with E-state index in [9.17, 15) is 0 Å². The summed E-state index contributed by atoms with van der Waals surface area (Å²) < 4.78 is 1.80. The van der Waals surface area contributed by atoms with E-state index in [1.54, 1.807) is 4.42 Å². The lowest BCUT2D eigenvalue weighted by Crippen LogP contribution is -2.30. The highest BCUT2D eigenvalue weighted by atomic mass is 35.5. The molecule has 68 valence electrons. The molecule has 3 N–H and O–H groups in total. The van der Waals surface area contributed by atoms with Crippen molar-refractivity contribution >= 4 is 11.8 Å². The van der Waals surface area contributed by atoms with Crippen LogP contribution in [0, 0.1) is 0 Å². The van der Waals surface area contributed by atoms with Crippen molar-refractivity contribution in [1.29, 1.82) is 0 Å². The monoisotopic (exact) mass is 179 g/mol. The molecule has 0 aliphatic heterocycles. The molecule has 3 nitrogen and oxygen atoms in total. The topological polar surface area (TPSA) is 41.3 Å². The van der Waals surface area contributed by atoms with Gasteiger partial charge in [-0.15, -0.1) is 0 Å². The third kappa shape index (κ3) is 8.07. The van der Waals surface area contributed by atoms with Crippen LogP contribution >= 0.6 is 11.8 Å². The maximum atomic E-state index is 5.82.